The molecular weight excluding hydrogens is 402 g/mol. The number of ether oxygens (including phenoxy) is 2. The van der Waals surface area contributed by atoms with Gasteiger partial charge in [-0.1, -0.05) is 18.2 Å². The summed E-state index contributed by atoms with van der Waals surface area (Å²) >= 11 is 0. The molecule has 1 aromatic heterocycles. The molecule has 0 N–H and O–H groups in total. The molecule has 0 saturated heterocycles. The third kappa shape index (κ3) is 6.71. The van der Waals surface area contributed by atoms with Gasteiger partial charge in [-0.2, -0.15) is 5.26 Å². The third-order valence-electron chi connectivity index (χ3n) is 4.58. The van der Waals surface area contributed by atoms with Gasteiger partial charge in [-0.15, -0.1) is 0 Å². The first-order valence-corrected chi connectivity index (χ1v) is 10.4. The molecule has 162 valence electrons. The smallest absolute Gasteiger partial charge is 0.251 e. The van der Waals surface area contributed by atoms with Crippen molar-refractivity contribution in [3.63, 3.8) is 0 Å². The van der Waals surface area contributed by atoms with Gasteiger partial charge in [0.15, 0.2) is 0 Å². The molecule has 0 aliphatic carbocycles. The number of anilines is 1. The molecule has 0 atom stereocenters. The molecule has 0 aliphatic heterocycles. The van der Waals surface area contributed by atoms with Crippen LogP contribution in [0.25, 0.3) is 6.08 Å². The molecule has 0 aliphatic rings. The molecule has 1 amide bonds. The maximum atomic E-state index is 12.8. The maximum Gasteiger partial charge on any atom is 0.251 e. The number of carbonyl (C=O) groups is 1. The summed E-state index contributed by atoms with van der Waals surface area (Å²) in [5.74, 6) is 1.27. The van der Waals surface area contributed by atoms with Gasteiger partial charge in [-0.05, 0) is 67.1 Å². The lowest BCUT2D eigenvalue weighted by Gasteiger charge is -2.20. The Kier molecular flexibility index (Phi) is 8.41. The van der Waals surface area contributed by atoms with E-state index in [0.29, 0.717) is 19.8 Å². The van der Waals surface area contributed by atoms with Gasteiger partial charge in [0, 0.05) is 24.5 Å². The van der Waals surface area contributed by atoms with Crippen molar-refractivity contribution in [2.45, 2.75) is 20.0 Å². The van der Waals surface area contributed by atoms with Crippen LogP contribution in [0.4, 0.5) is 5.69 Å². The van der Waals surface area contributed by atoms with E-state index in [2.05, 4.69) is 11.1 Å². The molecule has 0 spiro atoms. The highest BCUT2D eigenvalue weighted by Crippen LogP contribution is 2.21. The van der Waals surface area contributed by atoms with E-state index in [1.54, 1.807) is 17.2 Å². The van der Waals surface area contributed by atoms with Crippen LogP contribution in [0, 0.1) is 11.3 Å². The highest BCUT2D eigenvalue weighted by Gasteiger charge is 2.13. The fourth-order valence-corrected chi connectivity index (χ4v) is 2.99. The first-order chi connectivity index (χ1) is 15.7. The molecule has 2 aromatic carbocycles. The van der Waals surface area contributed by atoms with Crippen molar-refractivity contribution in [2.75, 3.05) is 18.1 Å². The molecule has 3 rings (SSSR count). The van der Waals surface area contributed by atoms with E-state index < -0.39 is 0 Å². The van der Waals surface area contributed by atoms with Crippen LogP contribution in [0.1, 0.15) is 24.6 Å². The number of rotatable bonds is 10. The Bertz CT molecular complexity index is 1060. The van der Waals surface area contributed by atoms with Crippen molar-refractivity contribution in [3.05, 3.63) is 90.3 Å². The third-order valence-corrected chi connectivity index (χ3v) is 4.58. The molecule has 6 heteroatoms. The zero-order chi connectivity index (χ0) is 22.6. The number of hydrogen-bond donors (Lipinski definition) is 0. The normalized spacial score (nSPS) is 10.5. The molecule has 3 aromatic rings. The summed E-state index contributed by atoms with van der Waals surface area (Å²) in [7, 11) is 0. The van der Waals surface area contributed by atoms with Gasteiger partial charge in [0.05, 0.1) is 24.8 Å². The average Bonchev–Trinajstić information content (AvgIpc) is 2.84. The van der Waals surface area contributed by atoms with E-state index in [9.17, 15) is 4.79 Å². The van der Waals surface area contributed by atoms with Crippen LogP contribution >= 0.6 is 0 Å². The number of amides is 1. The Morgan fingerprint density at radius 2 is 1.75 bits per heavy atom. The number of aromatic nitrogens is 1. The molecule has 0 fully saturated rings. The largest absolute Gasteiger partial charge is 0.494 e. The van der Waals surface area contributed by atoms with Gasteiger partial charge in [-0.3, -0.25) is 9.78 Å². The van der Waals surface area contributed by atoms with Crippen molar-refractivity contribution in [1.29, 1.82) is 5.26 Å². The van der Waals surface area contributed by atoms with Gasteiger partial charge >= 0.3 is 0 Å². The predicted octanol–water partition coefficient (Wildman–Crippen LogP) is 5.02. The standard InChI is InChI=1S/C26H25N3O3/c1-2-31-24-14-10-23(11-15-24)29(19-5-17-27)26(30)16-9-21-7-12-25(13-8-21)32-20-22-6-3-4-18-28-22/h3-4,6-16,18H,2,5,19-20H2,1H3/b16-9+. The van der Waals surface area contributed by atoms with Crippen molar-refractivity contribution in [2.24, 2.45) is 0 Å². The van der Waals surface area contributed by atoms with Gasteiger partial charge in [-0.25, -0.2) is 0 Å². The number of pyridine rings is 1. The van der Waals surface area contributed by atoms with E-state index >= 15 is 0 Å². The summed E-state index contributed by atoms with van der Waals surface area (Å²) in [5.41, 5.74) is 2.45. The van der Waals surface area contributed by atoms with E-state index in [4.69, 9.17) is 14.7 Å². The van der Waals surface area contributed by atoms with Crippen LogP contribution in [-0.2, 0) is 11.4 Å². The summed E-state index contributed by atoms with van der Waals surface area (Å²) in [6.45, 7) is 3.20. The molecule has 0 unspecified atom stereocenters. The summed E-state index contributed by atoms with van der Waals surface area (Å²) in [6.07, 6.45) is 5.24. The minimum atomic E-state index is -0.195. The van der Waals surface area contributed by atoms with E-state index in [-0.39, 0.29) is 12.3 Å². The van der Waals surface area contributed by atoms with Crippen molar-refractivity contribution >= 4 is 17.7 Å². The Morgan fingerprint density at radius 1 is 1.03 bits per heavy atom. The number of hydrogen-bond acceptors (Lipinski definition) is 5. The summed E-state index contributed by atoms with van der Waals surface area (Å²) in [5, 5.41) is 8.97. The van der Waals surface area contributed by atoms with Crippen LogP contribution in [0.3, 0.4) is 0 Å². The molecule has 1 heterocycles. The van der Waals surface area contributed by atoms with Gasteiger partial charge in [0.2, 0.25) is 0 Å². The lowest BCUT2D eigenvalue weighted by atomic mass is 10.2. The molecule has 32 heavy (non-hydrogen) atoms. The summed E-state index contributed by atoms with van der Waals surface area (Å²) < 4.78 is 11.2. The zero-order valence-electron chi connectivity index (χ0n) is 18.0. The van der Waals surface area contributed by atoms with Crippen LogP contribution in [-0.4, -0.2) is 24.0 Å². The maximum absolute atomic E-state index is 12.8. The van der Waals surface area contributed by atoms with E-state index in [0.717, 1.165) is 28.4 Å². The van der Waals surface area contributed by atoms with Crippen LogP contribution < -0.4 is 14.4 Å². The number of nitrogens with zero attached hydrogens (tertiary/aromatic N) is 3. The second-order valence-electron chi connectivity index (χ2n) is 6.84. The summed E-state index contributed by atoms with van der Waals surface area (Å²) in [6, 6.07) is 22.5. The number of benzene rings is 2. The number of nitriles is 1. The molecule has 0 bridgehead atoms. The average molecular weight is 428 g/mol. The first-order valence-electron chi connectivity index (χ1n) is 10.4. The molecular formula is C26H25N3O3. The highest BCUT2D eigenvalue weighted by molar-refractivity contribution is 6.03. The van der Waals surface area contributed by atoms with Gasteiger partial charge in [0.25, 0.3) is 5.91 Å². The SMILES string of the molecule is CCOc1ccc(N(CCC#N)C(=O)/C=C/c2ccc(OCc3ccccn3)cc2)cc1. The fourth-order valence-electron chi connectivity index (χ4n) is 2.99. The Labute approximate surface area is 188 Å². The first kappa shape index (κ1) is 22.6. The monoisotopic (exact) mass is 427 g/mol. The number of carbonyl (C=O) groups excluding carboxylic acids is 1. The van der Waals surface area contributed by atoms with E-state index in [1.807, 2.05) is 73.7 Å². The fraction of sp³-hybridized carbons (Fsp3) is 0.192. The zero-order valence-corrected chi connectivity index (χ0v) is 18.0. The van der Waals surface area contributed by atoms with Crippen LogP contribution in [0.5, 0.6) is 11.5 Å². The van der Waals surface area contributed by atoms with Crippen molar-refractivity contribution in [3.8, 4) is 17.6 Å². The predicted molar refractivity (Wildman–Crippen MR) is 124 cm³/mol. The lowest BCUT2D eigenvalue weighted by Crippen LogP contribution is -2.30. The highest BCUT2D eigenvalue weighted by atomic mass is 16.5. The molecule has 6 nitrogen and oxygen atoms in total. The quantitative estimate of drug-likeness (QED) is 0.425. The Balaban J connectivity index is 1.63. The molecule has 0 radical (unpaired) electrons. The minimum absolute atomic E-state index is 0.195. The van der Waals surface area contributed by atoms with Crippen molar-refractivity contribution < 1.29 is 14.3 Å². The van der Waals surface area contributed by atoms with E-state index in [1.165, 1.54) is 6.08 Å². The second-order valence-corrected chi connectivity index (χ2v) is 6.84. The van der Waals surface area contributed by atoms with Gasteiger partial charge < -0.3 is 14.4 Å². The summed E-state index contributed by atoms with van der Waals surface area (Å²) in [4.78, 5) is 18.6. The van der Waals surface area contributed by atoms with Crippen molar-refractivity contribution in [1.82, 2.24) is 4.98 Å². The van der Waals surface area contributed by atoms with Crippen LogP contribution in [0.15, 0.2) is 79.0 Å². The lowest BCUT2D eigenvalue weighted by molar-refractivity contribution is -0.114. The minimum Gasteiger partial charge on any atom is -0.494 e. The Hall–Kier alpha value is -4.11. The molecule has 0 saturated carbocycles. The Morgan fingerprint density at radius 3 is 2.41 bits per heavy atom. The van der Waals surface area contributed by atoms with Gasteiger partial charge in [0.1, 0.15) is 18.1 Å². The second kappa shape index (κ2) is 11.9. The topological polar surface area (TPSA) is 75.5 Å². The van der Waals surface area contributed by atoms with Crippen LogP contribution in [0.2, 0.25) is 0 Å².